The number of rotatable bonds is 5. The van der Waals surface area contributed by atoms with Crippen molar-refractivity contribution < 1.29 is 23.9 Å². The number of methoxy groups -OCH3 is 2. The summed E-state index contributed by atoms with van der Waals surface area (Å²) in [7, 11) is 2.54. The van der Waals surface area contributed by atoms with Gasteiger partial charge in [0, 0.05) is 11.6 Å². The molecule has 1 aliphatic heterocycles. The van der Waals surface area contributed by atoms with E-state index in [-0.39, 0.29) is 23.1 Å². The summed E-state index contributed by atoms with van der Waals surface area (Å²) in [4.78, 5) is 40.4. The van der Waals surface area contributed by atoms with E-state index in [1.165, 1.54) is 14.2 Å². The van der Waals surface area contributed by atoms with E-state index in [0.717, 1.165) is 16.8 Å². The smallest absolute Gasteiger partial charge is 0.338 e. The van der Waals surface area contributed by atoms with E-state index < -0.39 is 23.8 Å². The quantitative estimate of drug-likeness (QED) is 0.530. The SMILES string of the molecule is COC(=O)C1=C(C(=O)OC)[C@H]([C@@H]2C(=O)N(c3ccc(C)cc3)[C@H]2c2ccccc2)CC=C1. The number of benzene rings is 2. The zero-order valence-electron chi connectivity index (χ0n) is 18.3. The van der Waals surface area contributed by atoms with Crippen molar-refractivity contribution in [2.75, 3.05) is 19.1 Å². The average Bonchev–Trinajstić information content (AvgIpc) is 2.83. The van der Waals surface area contributed by atoms with Crippen LogP contribution >= 0.6 is 0 Å². The third-order valence-electron chi connectivity index (χ3n) is 6.17. The van der Waals surface area contributed by atoms with Crippen molar-refractivity contribution in [2.45, 2.75) is 19.4 Å². The minimum atomic E-state index is -0.621. The molecule has 1 fully saturated rings. The molecule has 6 heteroatoms. The van der Waals surface area contributed by atoms with Gasteiger partial charge in [-0.15, -0.1) is 0 Å². The van der Waals surface area contributed by atoms with Gasteiger partial charge in [0.25, 0.3) is 0 Å². The Kier molecular flexibility index (Phi) is 5.95. The lowest BCUT2D eigenvalue weighted by atomic mass is 9.68. The molecule has 1 amide bonds. The van der Waals surface area contributed by atoms with Gasteiger partial charge in [-0.2, -0.15) is 0 Å². The van der Waals surface area contributed by atoms with Crippen molar-refractivity contribution in [1.82, 2.24) is 0 Å². The molecule has 32 heavy (non-hydrogen) atoms. The van der Waals surface area contributed by atoms with Crippen molar-refractivity contribution in [3.8, 4) is 0 Å². The Balaban J connectivity index is 1.80. The Morgan fingerprint density at radius 3 is 2.22 bits per heavy atom. The minimum absolute atomic E-state index is 0.0892. The van der Waals surface area contributed by atoms with Gasteiger partial charge in [0.05, 0.1) is 37.3 Å². The maximum absolute atomic E-state index is 13.5. The number of amides is 1. The molecule has 0 spiro atoms. The molecule has 2 aromatic rings. The molecule has 164 valence electrons. The van der Waals surface area contributed by atoms with E-state index >= 15 is 0 Å². The summed E-state index contributed by atoms with van der Waals surface area (Å²) in [5, 5.41) is 0. The van der Waals surface area contributed by atoms with Crippen LogP contribution in [0.15, 0.2) is 77.9 Å². The Hall–Kier alpha value is -3.67. The van der Waals surface area contributed by atoms with Gasteiger partial charge < -0.3 is 14.4 Å². The normalized spacial score (nSPS) is 22.4. The van der Waals surface area contributed by atoms with Gasteiger partial charge in [0.2, 0.25) is 5.91 Å². The molecule has 0 saturated carbocycles. The number of carbonyl (C=O) groups excluding carboxylic acids is 3. The van der Waals surface area contributed by atoms with Gasteiger partial charge in [-0.25, -0.2) is 9.59 Å². The molecule has 2 aliphatic rings. The van der Waals surface area contributed by atoms with Gasteiger partial charge >= 0.3 is 11.9 Å². The van der Waals surface area contributed by atoms with Crippen LogP contribution in [-0.2, 0) is 23.9 Å². The molecule has 0 radical (unpaired) electrons. The van der Waals surface area contributed by atoms with E-state index in [4.69, 9.17) is 9.47 Å². The fraction of sp³-hybridized carbons (Fsp3) is 0.269. The highest BCUT2D eigenvalue weighted by atomic mass is 16.5. The van der Waals surface area contributed by atoms with Crippen molar-refractivity contribution in [3.63, 3.8) is 0 Å². The largest absolute Gasteiger partial charge is 0.466 e. The molecule has 0 unspecified atom stereocenters. The first-order valence-corrected chi connectivity index (χ1v) is 10.5. The standard InChI is InChI=1S/C26H25NO5/c1-16-12-14-18(15-13-16)27-23(17-8-5-4-6-9-17)22(24(27)28)19-10-7-11-20(25(29)31-2)21(19)26(30)32-3/h4-9,11-15,19,22-23H,10H2,1-3H3/t19-,22+,23+/m1/s1. The highest BCUT2D eigenvalue weighted by Crippen LogP contribution is 2.51. The molecule has 2 aromatic carbocycles. The van der Waals surface area contributed by atoms with Crippen LogP contribution in [0.1, 0.15) is 23.6 Å². The van der Waals surface area contributed by atoms with Crippen LogP contribution in [0.3, 0.4) is 0 Å². The minimum Gasteiger partial charge on any atom is -0.466 e. The summed E-state index contributed by atoms with van der Waals surface area (Å²) < 4.78 is 9.88. The third kappa shape index (κ3) is 3.62. The molecule has 3 atom stereocenters. The van der Waals surface area contributed by atoms with E-state index in [9.17, 15) is 14.4 Å². The number of β-lactam (4-membered cyclic amide) rings is 1. The summed E-state index contributed by atoms with van der Waals surface area (Å²) in [6, 6.07) is 17.3. The highest BCUT2D eigenvalue weighted by molar-refractivity contribution is 6.07. The van der Waals surface area contributed by atoms with Crippen LogP contribution in [0, 0.1) is 18.8 Å². The molecule has 1 saturated heterocycles. The fourth-order valence-corrected chi connectivity index (χ4v) is 4.63. The van der Waals surface area contributed by atoms with E-state index in [1.807, 2.05) is 67.6 Å². The number of carbonyl (C=O) groups is 3. The first-order valence-electron chi connectivity index (χ1n) is 10.5. The maximum atomic E-state index is 13.5. The molecule has 6 nitrogen and oxygen atoms in total. The predicted molar refractivity (Wildman–Crippen MR) is 120 cm³/mol. The van der Waals surface area contributed by atoms with Crippen LogP contribution in [0.2, 0.25) is 0 Å². The van der Waals surface area contributed by atoms with Gasteiger partial charge in [-0.1, -0.05) is 60.2 Å². The number of esters is 2. The Morgan fingerprint density at radius 2 is 1.59 bits per heavy atom. The Morgan fingerprint density at radius 1 is 0.938 bits per heavy atom. The number of allylic oxidation sites excluding steroid dienone is 1. The van der Waals surface area contributed by atoms with Crippen molar-refractivity contribution in [2.24, 2.45) is 11.8 Å². The van der Waals surface area contributed by atoms with Gasteiger partial charge in [-0.05, 0) is 31.0 Å². The van der Waals surface area contributed by atoms with E-state index in [1.54, 1.807) is 11.0 Å². The molecule has 4 rings (SSSR count). The second-order valence-electron chi connectivity index (χ2n) is 7.98. The van der Waals surface area contributed by atoms with Crippen LogP contribution in [0.25, 0.3) is 0 Å². The van der Waals surface area contributed by atoms with Crippen molar-refractivity contribution >= 4 is 23.5 Å². The summed E-state index contributed by atoms with van der Waals surface area (Å²) in [6.07, 6.45) is 3.84. The fourth-order valence-electron chi connectivity index (χ4n) is 4.63. The number of hydrogen-bond acceptors (Lipinski definition) is 5. The number of aryl methyl sites for hydroxylation is 1. The number of nitrogens with zero attached hydrogens (tertiary/aromatic N) is 1. The van der Waals surface area contributed by atoms with Crippen LogP contribution in [0.5, 0.6) is 0 Å². The summed E-state index contributed by atoms with van der Waals surface area (Å²) in [6.45, 7) is 2.00. The first-order chi connectivity index (χ1) is 15.5. The zero-order chi connectivity index (χ0) is 22.8. The Labute approximate surface area is 187 Å². The molecule has 0 bridgehead atoms. The lowest BCUT2D eigenvalue weighted by molar-refractivity contribution is -0.141. The maximum Gasteiger partial charge on any atom is 0.338 e. The molecule has 0 aromatic heterocycles. The highest BCUT2D eigenvalue weighted by Gasteiger charge is 2.54. The predicted octanol–water partition coefficient (Wildman–Crippen LogP) is 3.92. The lowest BCUT2D eigenvalue weighted by Gasteiger charge is -2.51. The van der Waals surface area contributed by atoms with Gasteiger partial charge in [-0.3, -0.25) is 4.79 Å². The molecule has 1 aliphatic carbocycles. The number of anilines is 1. The Bertz CT molecular complexity index is 1100. The summed E-state index contributed by atoms with van der Waals surface area (Å²) in [5.74, 6) is -2.34. The molecular weight excluding hydrogens is 406 g/mol. The van der Waals surface area contributed by atoms with Crippen LogP contribution in [-0.4, -0.2) is 32.1 Å². The van der Waals surface area contributed by atoms with Crippen LogP contribution in [0.4, 0.5) is 5.69 Å². The second-order valence-corrected chi connectivity index (χ2v) is 7.98. The molecule has 0 N–H and O–H groups in total. The number of hydrogen-bond donors (Lipinski definition) is 0. The second kappa shape index (κ2) is 8.83. The van der Waals surface area contributed by atoms with Crippen LogP contribution < -0.4 is 4.90 Å². The average molecular weight is 431 g/mol. The topological polar surface area (TPSA) is 72.9 Å². The summed E-state index contributed by atoms with van der Waals surface area (Å²) in [5.41, 5.74) is 3.21. The summed E-state index contributed by atoms with van der Waals surface area (Å²) >= 11 is 0. The van der Waals surface area contributed by atoms with E-state index in [2.05, 4.69) is 0 Å². The van der Waals surface area contributed by atoms with E-state index in [0.29, 0.717) is 6.42 Å². The van der Waals surface area contributed by atoms with Gasteiger partial charge in [0.1, 0.15) is 0 Å². The molecule has 1 heterocycles. The monoisotopic (exact) mass is 431 g/mol. The van der Waals surface area contributed by atoms with Gasteiger partial charge in [0.15, 0.2) is 0 Å². The van der Waals surface area contributed by atoms with Crippen molar-refractivity contribution in [3.05, 3.63) is 89.0 Å². The third-order valence-corrected chi connectivity index (χ3v) is 6.17. The number of ether oxygens (including phenoxy) is 2. The molecular formula is C26H25NO5. The zero-order valence-corrected chi connectivity index (χ0v) is 18.3. The lowest BCUT2D eigenvalue weighted by Crippen LogP contribution is -2.58. The van der Waals surface area contributed by atoms with Crippen molar-refractivity contribution in [1.29, 1.82) is 0 Å². The first kappa shape index (κ1) is 21.6.